The predicted molar refractivity (Wildman–Crippen MR) is 41.3 cm³/mol. The summed E-state index contributed by atoms with van der Waals surface area (Å²) in [6, 6.07) is 0. The van der Waals surface area contributed by atoms with Gasteiger partial charge in [-0.1, -0.05) is 0 Å². The Morgan fingerprint density at radius 2 is 1.79 bits per heavy atom. The first kappa shape index (κ1) is 11.3. The van der Waals surface area contributed by atoms with Crippen molar-refractivity contribution in [1.29, 1.82) is 0 Å². The third-order valence-corrected chi connectivity index (χ3v) is 2.05. The zero-order chi connectivity index (χ0) is 10.9. The molecule has 0 bridgehead atoms. The molecule has 0 aliphatic carbocycles. The number of aliphatic carboxylic acids is 1. The fourth-order valence-corrected chi connectivity index (χ4v) is 1.25. The van der Waals surface area contributed by atoms with Crippen molar-refractivity contribution in [2.75, 3.05) is 7.11 Å². The highest BCUT2D eigenvalue weighted by Gasteiger charge is 2.46. The van der Waals surface area contributed by atoms with Crippen LogP contribution in [0.15, 0.2) is 0 Å². The third kappa shape index (κ3) is 1.86. The Kier molecular flexibility index (Phi) is 3.40. The van der Waals surface area contributed by atoms with Crippen molar-refractivity contribution in [1.82, 2.24) is 0 Å². The molecule has 1 saturated heterocycles. The van der Waals surface area contributed by atoms with Gasteiger partial charge in [0.1, 0.15) is 18.3 Å². The molecule has 0 radical (unpaired) electrons. The monoisotopic (exact) mass is 208 g/mol. The van der Waals surface area contributed by atoms with E-state index in [-0.39, 0.29) is 0 Å². The lowest BCUT2D eigenvalue weighted by molar-refractivity contribution is -0.287. The first-order chi connectivity index (χ1) is 6.49. The molecule has 0 amide bonds. The molecule has 1 fully saturated rings. The van der Waals surface area contributed by atoms with Crippen LogP contribution in [-0.2, 0) is 14.3 Å². The molecule has 7 heteroatoms. The lowest BCUT2D eigenvalue weighted by Gasteiger charge is -2.37. The van der Waals surface area contributed by atoms with E-state index in [1.54, 1.807) is 0 Å². The van der Waals surface area contributed by atoms with Crippen LogP contribution in [0.5, 0.6) is 0 Å². The Morgan fingerprint density at radius 1 is 1.21 bits per heavy atom. The molecule has 0 spiro atoms. The second kappa shape index (κ2) is 4.20. The van der Waals surface area contributed by atoms with Gasteiger partial charge in [-0.25, -0.2) is 4.79 Å². The van der Waals surface area contributed by atoms with Gasteiger partial charge in [0.2, 0.25) is 0 Å². The average molecular weight is 208 g/mol. The summed E-state index contributed by atoms with van der Waals surface area (Å²) in [5.41, 5.74) is 0. The summed E-state index contributed by atoms with van der Waals surface area (Å²) in [7, 11) is 1.19. The van der Waals surface area contributed by atoms with Crippen LogP contribution in [0.1, 0.15) is 0 Å². The molecule has 1 heterocycles. The standard InChI is InChI=1S/C7H12O7/c1-13-7-4(10)2(8)3(9)5(14-7)6(11)12/h2-5,7-10H,1H3,(H,11,12)/t2-,3?,4?,5-,7+/m0/s1. The summed E-state index contributed by atoms with van der Waals surface area (Å²) in [5.74, 6) is -1.43. The fourth-order valence-electron chi connectivity index (χ4n) is 1.25. The lowest BCUT2D eigenvalue weighted by Crippen LogP contribution is -2.60. The number of carboxylic acids is 1. The first-order valence-corrected chi connectivity index (χ1v) is 3.94. The number of aliphatic hydroxyl groups excluding tert-OH is 3. The smallest absolute Gasteiger partial charge is 0.335 e. The molecule has 82 valence electrons. The second-order valence-electron chi connectivity index (χ2n) is 2.97. The van der Waals surface area contributed by atoms with E-state index in [1.165, 1.54) is 7.11 Å². The number of rotatable bonds is 2. The van der Waals surface area contributed by atoms with Gasteiger partial charge >= 0.3 is 5.97 Å². The summed E-state index contributed by atoms with van der Waals surface area (Å²) >= 11 is 0. The maximum atomic E-state index is 10.5. The normalized spacial score (nSPS) is 43.6. The summed E-state index contributed by atoms with van der Waals surface area (Å²) in [6.07, 6.45) is -7.60. The van der Waals surface area contributed by atoms with Crippen LogP contribution < -0.4 is 0 Å². The van der Waals surface area contributed by atoms with E-state index >= 15 is 0 Å². The van der Waals surface area contributed by atoms with Crippen molar-refractivity contribution in [3.8, 4) is 0 Å². The van der Waals surface area contributed by atoms with E-state index in [2.05, 4.69) is 4.74 Å². The maximum absolute atomic E-state index is 10.5. The highest BCUT2D eigenvalue weighted by Crippen LogP contribution is 2.21. The topological polar surface area (TPSA) is 116 Å². The number of carbonyl (C=O) groups is 1. The second-order valence-corrected chi connectivity index (χ2v) is 2.97. The number of hydrogen-bond donors (Lipinski definition) is 4. The van der Waals surface area contributed by atoms with E-state index < -0.39 is 36.7 Å². The molecular weight excluding hydrogens is 196 g/mol. The number of hydrogen-bond acceptors (Lipinski definition) is 6. The Labute approximate surface area is 79.5 Å². The Morgan fingerprint density at radius 3 is 2.21 bits per heavy atom. The highest BCUT2D eigenvalue weighted by atomic mass is 16.7. The van der Waals surface area contributed by atoms with E-state index in [0.717, 1.165) is 0 Å². The van der Waals surface area contributed by atoms with Crippen LogP contribution in [0, 0.1) is 0 Å². The first-order valence-electron chi connectivity index (χ1n) is 3.94. The third-order valence-electron chi connectivity index (χ3n) is 2.05. The van der Waals surface area contributed by atoms with Crippen LogP contribution >= 0.6 is 0 Å². The number of methoxy groups -OCH3 is 1. The minimum atomic E-state index is -1.67. The molecule has 5 atom stereocenters. The highest BCUT2D eigenvalue weighted by molar-refractivity contribution is 5.73. The minimum Gasteiger partial charge on any atom is -0.479 e. The van der Waals surface area contributed by atoms with E-state index in [1.807, 2.05) is 0 Å². The van der Waals surface area contributed by atoms with Crippen LogP contribution in [0.3, 0.4) is 0 Å². The van der Waals surface area contributed by atoms with E-state index in [9.17, 15) is 20.1 Å². The summed E-state index contributed by atoms with van der Waals surface area (Å²) < 4.78 is 9.31. The molecule has 0 aromatic heterocycles. The fraction of sp³-hybridized carbons (Fsp3) is 0.857. The van der Waals surface area contributed by atoms with Gasteiger partial charge in [0.15, 0.2) is 12.4 Å². The van der Waals surface area contributed by atoms with Crippen molar-refractivity contribution in [3.63, 3.8) is 0 Å². The average Bonchev–Trinajstić information content (AvgIpc) is 2.14. The molecule has 1 rings (SSSR count). The summed E-state index contributed by atoms with van der Waals surface area (Å²) in [6.45, 7) is 0. The van der Waals surface area contributed by atoms with Gasteiger partial charge in [0, 0.05) is 7.11 Å². The minimum absolute atomic E-state index is 1.19. The predicted octanol–water partition coefficient (Wildman–Crippen LogP) is -2.47. The molecule has 1 aliphatic rings. The number of aliphatic hydroxyl groups is 3. The molecule has 0 saturated carbocycles. The van der Waals surface area contributed by atoms with E-state index in [4.69, 9.17) is 9.84 Å². The molecule has 0 aromatic rings. The van der Waals surface area contributed by atoms with Crippen LogP contribution in [-0.4, -0.2) is 64.2 Å². The zero-order valence-electron chi connectivity index (χ0n) is 7.40. The van der Waals surface area contributed by atoms with E-state index in [0.29, 0.717) is 0 Å². The van der Waals surface area contributed by atoms with Crippen LogP contribution in [0.4, 0.5) is 0 Å². The Hall–Kier alpha value is -0.730. The summed E-state index contributed by atoms with van der Waals surface area (Å²) in [5, 5.41) is 36.3. The van der Waals surface area contributed by atoms with Crippen molar-refractivity contribution < 1.29 is 34.7 Å². The lowest BCUT2D eigenvalue weighted by atomic mass is 9.99. The van der Waals surface area contributed by atoms with Crippen molar-refractivity contribution in [2.45, 2.75) is 30.7 Å². The summed E-state index contributed by atoms with van der Waals surface area (Å²) in [4.78, 5) is 10.5. The Bertz CT molecular complexity index is 216. The Balaban J connectivity index is 2.78. The quantitative estimate of drug-likeness (QED) is 0.397. The maximum Gasteiger partial charge on any atom is 0.335 e. The van der Waals surface area contributed by atoms with Crippen LogP contribution in [0.2, 0.25) is 0 Å². The van der Waals surface area contributed by atoms with Crippen molar-refractivity contribution >= 4 is 5.97 Å². The SMILES string of the molecule is CO[C@@H]1O[C@H](C(=O)O)C(O)[C@H](O)C1O. The van der Waals surface area contributed by atoms with Gasteiger partial charge in [-0.05, 0) is 0 Å². The molecular formula is C7H12O7. The zero-order valence-corrected chi connectivity index (χ0v) is 7.40. The molecule has 2 unspecified atom stereocenters. The largest absolute Gasteiger partial charge is 0.479 e. The van der Waals surface area contributed by atoms with Crippen LogP contribution in [0.25, 0.3) is 0 Å². The molecule has 4 N–H and O–H groups in total. The van der Waals surface area contributed by atoms with Gasteiger partial charge < -0.3 is 29.9 Å². The molecule has 14 heavy (non-hydrogen) atoms. The molecule has 7 nitrogen and oxygen atoms in total. The number of carboxylic acid groups (broad SMARTS) is 1. The van der Waals surface area contributed by atoms with Gasteiger partial charge in [0.25, 0.3) is 0 Å². The van der Waals surface area contributed by atoms with Gasteiger partial charge in [-0.3, -0.25) is 0 Å². The number of ether oxygens (including phenoxy) is 2. The van der Waals surface area contributed by atoms with Crippen molar-refractivity contribution in [3.05, 3.63) is 0 Å². The van der Waals surface area contributed by atoms with Crippen molar-refractivity contribution in [2.24, 2.45) is 0 Å². The van der Waals surface area contributed by atoms with Gasteiger partial charge in [-0.15, -0.1) is 0 Å². The molecule has 0 aromatic carbocycles. The van der Waals surface area contributed by atoms with Gasteiger partial charge in [0.05, 0.1) is 0 Å². The van der Waals surface area contributed by atoms with Gasteiger partial charge in [-0.2, -0.15) is 0 Å². The molecule has 1 aliphatic heterocycles.